The number of nitrogens with one attached hydrogen (secondary N) is 1. The van der Waals surface area contributed by atoms with Gasteiger partial charge in [0.2, 0.25) is 0 Å². The highest BCUT2D eigenvalue weighted by molar-refractivity contribution is 5.43. The molecule has 0 aromatic heterocycles. The van der Waals surface area contributed by atoms with Gasteiger partial charge in [0.25, 0.3) is 0 Å². The van der Waals surface area contributed by atoms with Crippen molar-refractivity contribution in [1.29, 1.82) is 0 Å². The normalized spacial score (nSPS) is 22.7. The molecule has 0 aliphatic heterocycles. The summed E-state index contributed by atoms with van der Waals surface area (Å²) < 4.78 is 5.52. The molecule has 2 atom stereocenters. The molecule has 0 spiro atoms. The predicted molar refractivity (Wildman–Crippen MR) is 79.8 cm³/mol. The summed E-state index contributed by atoms with van der Waals surface area (Å²) in [6.07, 6.45) is 4.62. The number of aryl methyl sites for hydroxylation is 2. The van der Waals surface area contributed by atoms with Gasteiger partial charge < -0.3 is 15.8 Å². The van der Waals surface area contributed by atoms with Gasteiger partial charge in [-0.3, -0.25) is 0 Å². The van der Waals surface area contributed by atoms with Gasteiger partial charge in [-0.05, 0) is 50.8 Å². The second kappa shape index (κ2) is 6.40. The third kappa shape index (κ3) is 3.48. The molecule has 3 heteroatoms. The number of nitrogens with two attached hydrogens (primary N) is 1. The fourth-order valence-corrected chi connectivity index (χ4v) is 3.15. The van der Waals surface area contributed by atoms with Gasteiger partial charge in [-0.1, -0.05) is 24.1 Å². The van der Waals surface area contributed by atoms with Crippen LogP contribution in [0, 0.1) is 13.8 Å². The Bertz CT molecular complexity index is 431. The third-order valence-corrected chi connectivity index (χ3v) is 4.07. The van der Waals surface area contributed by atoms with E-state index in [1.165, 1.54) is 29.5 Å². The molecule has 1 fully saturated rings. The van der Waals surface area contributed by atoms with E-state index in [1.54, 1.807) is 7.11 Å². The Morgan fingerprint density at radius 1 is 1.32 bits per heavy atom. The Kier molecular flexibility index (Phi) is 4.83. The molecular formula is C16H26N2O. The lowest BCUT2D eigenvalue weighted by Gasteiger charge is -2.18. The molecule has 1 aliphatic carbocycles. The molecule has 0 heterocycles. The molecule has 3 nitrogen and oxygen atoms in total. The van der Waals surface area contributed by atoms with Crippen molar-refractivity contribution in [2.75, 3.05) is 13.7 Å². The van der Waals surface area contributed by atoms with Gasteiger partial charge in [0.05, 0.1) is 7.11 Å². The van der Waals surface area contributed by atoms with Gasteiger partial charge in [0.1, 0.15) is 5.75 Å². The molecule has 1 aliphatic rings. The van der Waals surface area contributed by atoms with Crippen LogP contribution in [0.3, 0.4) is 0 Å². The first-order valence-electron chi connectivity index (χ1n) is 7.25. The maximum absolute atomic E-state index is 6.08. The number of rotatable bonds is 5. The van der Waals surface area contributed by atoms with Crippen molar-refractivity contribution in [2.45, 2.75) is 51.6 Å². The summed E-state index contributed by atoms with van der Waals surface area (Å²) in [5.41, 5.74) is 9.88. The van der Waals surface area contributed by atoms with Gasteiger partial charge in [-0.25, -0.2) is 0 Å². The SMILES string of the molecule is COc1c(C)cc(C)cc1CCNC1CCCC1N. The molecular weight excluding hydrogens is 236 g/mol. The van der Waals surface area contributed by atoms with Crippen LogP contribution in [0.2, 0.25) is 0 Å². The number of hydrogen-bond acceptors (Lipinski definition) is 3. The Morgan fingerprint density at radius 2 is 2.11 bits per heavy atom. The number of ether oxygens (including phenoxy) is 1. The smallest absolute Gasteiger partial charge is 0.125 e. The maximum Gasteiger partial charge on any atom is 0.125 e. The number of hydrogen-bond donors (Lipinski definition) is 2. The van der Waals surface area contributed by atoms with Crippen molar-refractivity contribution in [2.24, 2.45) is 5.73 Å². The first-order valence-corrected chi connectivity index (χ1v) is 7.25. The molecule has 0 bridgehead atoms. The summed E-state index contributed by atoms with van der Waals surface area (Å²) in [4.78, 5) is 0. The summed E-state index contributed by atoms with van der Waals surface area (Å²) in [5, 5.41) is 3.59. The van der Waals surface area contributed by atoms with Crippen molar-refractivity contribution in [3.8, 4) is 5.75 Å². The van der Waals surface area contributed by atoms with Gasteiger partial charge in [-0.15, -0.1) is 0 Å². The van der Waals surface area contributed by atoms with Crippen LogP contribution in [-0.4, -0.2) is 25.7 Å². The van der Waals surface area contributed by atoms with Gasteiger partial charge in [0.15, 0.2) is 0 Å². The van der Waals surface area contributed by atoms with E-state index in [-0.39, 0.29) is 0 Å². The zero-order valence-electron chi connectivity index (χ0n) is 12.3. The monoisotopic (exact) mass is 262 g/mol. The van der Waals surface area contributed by atoms with Crippen LogP contribution in [-0.2, 0) is 6.42 Å². The molecule has 19 heavy (non-hydrogen) atoms. The Morgan fingerprint density at radius 3 is 2.74 bits per heavy atom. The second-order valence-electron chi connectivity index (χ2n) is 5.68. The number of methoxy groups -OCH3 is 1. The Hall–Kier alpha value is -1.06. The third-order valence-electron chi connectivity index (χ3n) is 4.07. The van der Waals surface area contributed by atoms with E-state index in [1.807, 2.05) is 0 Å². The summed E-state index contributed by atoms with van der Waals surface area (Å²) in [6, 6.07) is 5.23. The molecule has 1 aromatic rings. The van der Waals surface area contributed by atoms with Crippen molar-refractivity contribution < 1.29 is 4.74 Å². The zero-order chi connectivity index (χ0) is 13.8. The summed E-state index contributed by atoms with van der Waals surface area (Å²) >= 11 is 0. The van der Waals surface area contributed by atoms with Crippen LogP contribution in [0.4, 0.5) is 0 Å². The minimum Gasteiger partial charge on any atom is -0.496 e. The van der Waals surface area contributed by atoms with Crippen molar-refractivity contribution in [3.63, 3.8) is 0 Å². The molecule has 2 rings (SSSR count). The summed E-state index contributed by atoms with van der Waals surface area (Å²) in [7, 11) is 1.75. The van der Waals surface area contributed by atoms with Crippen LogP contribution in [0.1, 0.15) is 36.0 Å². The quantitative estimate of drug-likeness (QED) is 0.856. The highest BCUT2D eigenvalue weighted by Gasteiger charge is 2.22. The minimum atomic E-state index is 0.334. The standard InChI is InChI=1S/C16H26N2O/c1-11-9-12(2)16(19-3)13(10-11)7-8-18-15-6-4-5-14(15)17/h9-10,14-15,18H,4-8,17H2,1-3H3. The lowest BCUT2D eigenvalue weighted by molar-refractivity contribution is 0.404. The van der Waals surface area contributed by atoms with Gasteiger partial charge >= 0.3 is 0 Å². The topological polar surface area (TPSA) is 47.3 Å². The largest absolute Gasteiger partial charge is 0.496 e. The van der Waals surface area contributed by atoms with Crippen molar-refractivity contribution in [3.05, 3.63) is 28.8 Å². The molecule has 1 saturated carbocycles. The fourth-order valence-electron chi connectivity index (χ4n) is 3.15. The van der Waals surface area contributed by atoms with Crippen LogP contribution in [0.25, 0.3) is 0 Å². The van der Waals surface area contributed by atoms with E-state index in [0.717, 1.165) is 25.1 Å². The number of benzene rings is 1. The highest BCUT2D eigenvalue weighted by Crippen LogP contribution is 2.25. The summed E-state index contributed by atoms with van der Waals surface area (Å²) in [6.45, 7) is 5.21. The summed E-state index contributed by atoms with van der Waals surface area (Å²) in [5.74, 6) is 1.03. The highest BCUT2D eigenvalue weighted by atomic mass is 16.5. The van der Waals surface area contributed by atoms with E-state index in [4.69, 9.17) is 10.5 Å². The zero-order valence-corrected chi connectivity index (χ0v) is 12.3. The maximum atomic E-state index is 6.08. The Labute approximate surface area is 116 Å². The lowest BCUT2D eigenvalue weighted by atomic mass is 10.0. The van der Waals surface area contributed by atoms with E-state index in [0.29, 0.717) is 12.1 Å². The molecule has 2 unspecified atom stereocenters. The lowest BCUT2D eigenvalue weighted by Crippen LogP contribution is -2.41. The Balaban J connectivity index is 1.95. The first kappa shape index (κ1) is 14.4. The van der Waals surface area contributed by atoms with E-state index < -0.39 is 0 Å². The average molecular weight is 262 g/mol. The van der Waals surface area contributed by atoms with E-state index in [2.05, 4.69) is 31.3 Å². The van der Waals surface area contributed by atoms with Crippen molar-refractivity contribution >= 4 is 0 Å². The predicted octanol–water partition coefficient (Wildman–Crippen LogP) is 2.32. The second-order valence-corrected chi connectivity index (χ2v) is 5.68. The average Bonchev–Trinajstić information content (AvgIpc) is 2.75. The molecule has 0 radical (unpaired) electrons. The molecule has 1 aromatic carbocycles. The van der Waals surface area contributed by atoms with Gasteiger partial charge in [0, 0.05) is 12.1 Å². The van der Waals surface area contributed by atoms with Crippen LogP contribution < -0.4 is 15.8 Å². The minimum absolute atomic E-state index is 0.334. The van der Waals surface area contributed by atoms with Gasteiger partial charge in [-0.2, -0.15) is 0 Å². The molecule has 3 N–H and O–H groups in total. The van der Waals surface area contributed by atoms with Crippen LogP contribution in [0.5, 0.6) is 5.75 Å². The van der Waals surface area contributed by atoms with E-state index in [9.17, 15) is 0 Å². The first-order chi connectivity index (χ1) is 9.11. The van der Waals surface area contributed by atoms with Crippen LogP contribution >= 0.6 is 0 Å². The molecule has 0 amide bonds. The molecule has 106 valence electrons. The fraction of sp³-hybridized carbons (Fsp3) is 0.625. The van der Waals surface area contributed by atoms with E-state index >= 15 is 0 Å². The van der Waals surface area contributed by atoms with Crippen LogP contribution in [0.15, 0.2) is 12.1 Å². The van der Waals surface area contributed by atoms with Crippen molar-refractivity contribution in [1.82, 2.24) is 5.32 Å². The molecule has 0 saturated heterocycles.